The van der Waals surface area contributed by atoms with Crippen molar-refractivity contribution in [2.45, 2.75) is 59.5 Å². The van der Waals surface area contributed by atoms with Crippen LogP contribution in [0.4, 0.5) is 5.69 Å². The molecule has 7 nitrogen and oxygen atoms in total. The molecule has 0 aliphatic heterocycles. The number of aryl methyl sites for hydroxylation is 1. The standard InChI is InChI=1S/C27H38ClN3O4S/c1-6-25(27(33)29-18-20(2)3)30(19-22-10-7-8-11-24(22)28)26(32)12-9-17-31(36(5,34)35)23-15-13-21(4)14-16-23/h7-8,10-11,13-16,20,25H,6,9,12,17-19H2,1-5H3,(H,29,33)/t25-/m0/s1. The van der Waals surface area contributed by atoms with E-state index in [0.29, 0.717) is 30.1 Å². The van der Waals surface area contributed by atoms with E-state index < -0.39 is 16.1 Å². The number of nitrogens with zero attached hydrogens (tertiary/aromatic N) is 2. The van der Waals surface area contributed by atoms with Gasteiger partial charge in [0.1, 0.15) is 6.04 Å². The summed E-state index contributed by atoms with van der Waals surface area (Å²) >= 11 is 6.37. The van der Waals surface area contributed by atoms with Gasteiger partial charge in [0.15, 0.2) is 0 Å². The van der Waals surface area contributed by atoms with Crippen molar-refractivity contribution in [2.24, 2.45) is 5.92 Å². The van der Waals surface area contributed by atoms with Crippen LogP contribution in [0.3, 0.4) is 0 Å². The van der Waals surface area contributed by atoms with Crippen molar-refractivity contribution in [3.63, 3.8) is 0 Å². The molecule has 0 radical (unpaired) electrons. The summed E-state index contributed by atoms with van der Waals surface area (Å²) in [7, 11) is -3.53. The predicted molar refractivity (Wildman–Crippen MR) is 147 cm³/mol. The fourth-order valence-corrected chi connectivity index (χ4v) is 5.03. The van der Waals surface area contributed by atoms with E-state index in [9.17, 15) is 18.0 Å². The third-order valence-electron chi connectivity index (χ3n) is 5.84. The van der Waals surface area contributed by atoms with E-state index in [-0.39, 0.29) is 37.2 Å². The Hall–Kier alpha value is -2.58. The fraction of sp³-hybridized carbons (Fsp3) is 0.481. The monoisotopic (exact) mass is 535 g/mol. The van der Waals surface area contributed by atoms with Gasteiger partial charge in [0.2, 0.25) is 21.8 Å². The van der Waals surface area contributed by atoms with Crippen LogP contribution >= 0.6 is 11.6 Å². The lowest BCUT2D eigenvalue weighted by Gasteiger charge is -2.31. The van der Waals surface area contributed by atoms with Crippen LogP contribution in [0.25, 0.3) is 0 Å². The van der Waals surface area contributed by atoms with Gasteiger partial charge in [-0.05, 0) is 49.4 Å². The Morgan fingerprint density at radius 3 is 2.25 bits per heavy atom. The van der Waals surface area contributed by atoms with Gasteiger partial charge in [-0.1, -0.05) is 68.3 Å². The number of benzene rings is 2. The van der Waals surface area contributed by atoms with Crippen LogP contribution in [-0.4, -0.2) is 50.5 Å². The number of sulfonamides is 1. The van der Waals surface area contributed by atoms with E-state index in [2.05, 4.69) is 5.32 Å². The molecule has 0 aliphatic carbocycles. The van der Waals surface area contributed by atoms with E-state index in [1.807, 2.05) is 58.0 Å². The van der Waals surface area contributed by atoms with E-state index in [0.717, 1.165) is 17.4 Å². The summed E-state index contributed by atoms with van der Waals surface area (Å²) in [5.74, 6) is -0.147. The van der Waals surface area contributed by atoms with E-state index >= 15 is 0 Å². The highest BCUT2D eigenvalue weighted by Crippen LogP contribution is 2.22. The number of nitrogens with one attached hydrogen (secondary N) is 1. The van der Waals surface area contributed by atoms with Gasteiger partial charge in [-0.15, -0.1) is 0 Å². The van der Waals surface area contributed by atoms with Crippen molar-refractivity contribution in [2.75, 3.05) is 23.7 Å². The molecule has 1 N–H and O–H groups in total. The minimum Gasteiger partial charge on any atom is -0.354 e. The molecule has 2 aromatic rings. The topological polar surface area (TPSA) is 86.8 Å². The Labute approximate surface area is 220 Å². The van der Waals surface area contributed by atoms with Crippen LogP contribution in [0.1, 0.15) is 51.2 Å². The molecule has 2 aromatic carbocycles. The van der Waals surface area contributed by atoms with Gasteiger partial charge >= 0.3 is 0 Å². The molecule has 0 bridgehead atoms. The average molecular weight is 536 g/mol. The van der Waals surface area contributed by atoms with Crippen LogP contribution in [0.2, 0.25) is 5.02 Å². The van der Waals surface area contributed by atoms with Crippen molar-refractivity contribution in [1.82, 2.24) is 10.2 Å². The maximum atomic E-state index is 13.4. The molecule has 9 heteroatoms. The first-order valence-corrected chi connectivity index (χ1v) is 14.5. The number of carbonyl (C=O) groups is 2. The zero-order valence-electron chi connectivity index (χ0n) is 21.8. The lowest BCUT2D eigenvalue weighted by Crippen LogP contribution is -2.49. The first-order valence-electron chi connectivity index (χ1n) is 12.3. The van der Waals surface area contributed by atoms with Gasteiger partial charge in [-0.2, -0.15) is 0 Å². The van der Waals surface area contributed by atoms with Gasteiger partial charge in [-0.25, -0.2) is 8.42 Å². The smallest absolute Gasteiger partial charge is 0.242 e. The summed E-state index contributed by atoms with van der Waals surface area (Å²) in [6.45, 7) is 8.69. The van der Waals surface area contributed by atoms with Gasteiger partial charge in [-0.3, -0.25) is 13.9 Å². The summed E-state index contributed by atoms with van der Waals surface area (Å²) in [5.41, 5.74) is 2.34. The average Bonchev–Trinajstić information content (AvgIpc) is 2.81. The minimum atomic E-state index is -3.53. The highest BCUT2D eigenvalue weighted by Gasteiger charge is 2.29. The van der Waals surface area contributed by atoms with Crippen molar-refractivity contribution in [3.8, 4) is 0 Å². The molecule has 0 spiro atoms. The van der Waals surface area contributed by atoms with Gasteiger partial charge in [0.05, 0.1) is 11.9 Å². The second kappa shape index (κ2) is 13.7. The van der Waals surface area contributed by atoms with Crippen molar-refractivity contribution in [3.05, 3.63) is 64.7 Å². The predicted octanol–water partition coefficient (Wildman–Crippen LogP) is 4.77. The van der Waals surface area contributed by atoms with Crippen LogP contribution < -0.4 is 9.62 Å². The summed E-state index contributed by atoms with van der Waals surface area (Å²) in [5, 5.41) is 3.46. The third-order valence-corrected chi connectivity index (χ3v) is 7.41. The third kappa shape index (κ3) is 8.82. The second-order valence-corrected chi connectivity index (χ2v) is 11.8. The molecular formula is C27H38ClN3O4S. The molecule has 1 atom stereocenters. The molecule has 2 amide bonds. The van der Waals surface area contributed by atoms with Crippen LogP contribution in [0.5, 0.6) is 0 Å². The summed E-state index contributed by atoms with van der Waals surface area (Å²) in [4.78, 5) is 28.0. The molecule has 36 heavy (non-hydrogen) atoms. The van der Waals surface area contributed by atoms with Crippen molar-refractivity contribution in [1.29, 1.82) is 0 Å². The van der Waals surface area contributed by atoms with E-state index in [1.54, 1.807) is 23.1 Å². The Balaban J connectivity index is 2.21. The van der Waals surface area contributed by atoms with Crippen LogP contribution in [0.15, 0.2) is 48.5 Å². The number of anilines is 1. The zero-order chi connectivity index (χ0) is 26.9. The second-order valence-electron chi connectivity index (χ2n) is 9.45. The van der Waals surface area contributed by atoms with Crippen LogP contribution in [-0.2, 0) is 26.2 Å². The van der Waals surface area contributed by atoms with Gasteiger partial charge in [0, 0.05) is 31.1 Å². The first kappa shape index (κ1) is 29.6. The van der Waals surface area contributed by atoms with Crippen LogP contribution in [0, 0.1) is 12.8 Å². The number of halogens is 1. The Kier molecular flexibility index (Phi) is 11.2. The number of rotatable bonds is 13. The maximum absolute atomic E-state index is 13.4. The normalized spacial score (nSPS) is 12.3. The maximum Gasteiger partial charge on any atom is 0.242 e. The summed E-state index contributed by atoms with van der Waals surface area (Å²) in [6, 6.07) is 13.8. The Morgan fingerprint density at radius 2 is 1.69 bits per heavy atom. The molecule has 2 rings (SSSR count). The number of amides is 2. The van der Waals surface area contributed by atoms with E-state index in [4.69, 9.17) is 11.6 Å². The molecule has 0 aliphatic rings. The molecule has 0 saturated heterocycles. The van der Waals surface area contributed by atoms with E-state index in [1.165, 1.54) is 4.31 Å². The van der Waals surface area contributed by atoms with Gasteiger partial charge < -0.3 is 10.2 Å². The fourth-order valence-electron chi connectivity index (χ4n) is 3.87. The molecule has 0 heterocycles. The van der Waals surface area contributed by atoms with Crippen molar-refractivity contribution < 1.29 is 18.0 Å². The summed E-state index contributed by atoms with van der Waals surface area (Å²) in [6.07, 6.45) is 2.00. The highest BCUT2D eigenvalue weighted by atomic mass is 35.5. The molecule has 0 saturated carbocycles. The number of carbonyl (C=O) groups excluding carboxylic acids is 2. The SMILES string of the molecule is CC[C@@H](C(=O)NCC(C)C)N(Cc1ccccc1Cl)C(=O)CCCN(c1ccc(C)cc1)S(C)(=O)=O. The molecule has 198 valence electrons. The minimum absolute atomic E-state index is 0.0935. The largest absolute Gasteiger partial charge is 0.354 e. The molecule has 0 fully saturated rings. The highest BCUT2D eigenvalue weighted by molar-refractivity contribution is 7.92. The quantitative estimate of drug-likeness (QED) is 0.400. The lowest BCUT2D eigenvalue weighted by atomic mass is 10.1. The molecule has 0 unspecified atom stereocenters. The number of hydrogen-bond acceptors (Lipinski definition) is 4. The Morgan fingerprint density at radius 1 is 1.06 bits per heavy atom. The van der Waals surface area contributed by atoms with Gasteiger partial charge in [0.25, 0.3) is 0 Å². The summed E-state index contributed by atoms with van der Waals surface area (Å²) < 4.78 is 26.2. The molecular weight excluding hydrogens is 498 g/mol. The number of hydrogen-bond donors (Lipinski definition) is 1. The van der Waals surface area contributed by atoms with Crippen molar-refractivity contribution >= 4 is 39.1 Å². The zero-order valence-corrected chi connectivity index (χ0v) is 23.4. The lowest BCUT2D eigenvalue weighted by molar-refractivity contribution is -0.141. The first-order chi connectivity index (χ1) is 16.9. The Bertz CT molecular complexity index is 1120. The molecule has 0 aromatic heterocycles.